The Kier molecular flexibility index (Phi) is 4.47. The normalized spacial score (nSPS) is 12.2. The maximum absolute atomic E-state index is 13.5. The zero-order valence-corrected chi connectivity index (χ0v) is 9.92. The molecule has 0 aliphatic heterocycles. The third-order valence-corrected chi connectivity index (χ3v) is 2.70. The minimum atomic E-state index is -0.507. The average Bonchev–Trinajstić information content (AvgIpc) is 2.28. The number of halogens is 1. The van der Waals surface area contributed by atoms with Crippen molar-refractivity contribution in [2.24, 2.45) is 5.92 Å². The van der Waals surface area contributed by atoms with Crippen LogP contribution in [0.2, 0.25) is 0 Å². The molecule has 88 valence electrons. The highest BCUT2D eigenvalue weighted by molar-refractivity contribution is 5.99. The average molecular weight is 224 g/mol. The van der Waals surface area contributed by atoms with E-state index < -0.39 is 5.82 Å². The van der Waals surface area contributed by atoms with E-state index in [1.54, 1.807) is 6.07 Å². The van der Waals surface area contributed by atoms with Crippen LogP contribution in [0.25, 0.3) is 0 Å². The van der Waals surface area contributed by atoms with Crippen LogP contribution in [0.5, 0.6) is 5.75 Å². The first-order chi connectivity index (χ1) is 7.60. The lowest BCUT2D eigenvalue weighted by Gasteiger charge is -2.11. The lowest BCUT2D eigenvalue weighted by atomic mass is 9.97. The summed E-state index contributed by atoms with van der Waals surface area (Å²) in [6, 6.07) is 4.42. The van der Waals surface area contributed by atoms with Crippen molar-refractivity contribution in [1.82, 2.24) is 0 Å². The highest BCUT2D eigenvalue weighted by atomic mass is 19.1. The van der Waals surface area contributed by atoms with Gasteiger partial charge in [-0.2, -0.15) is 0 Å². The van der Waals surface area contributed by atoms with Gasteiger partial charge < -0.3 is 4.74 Å². The molecule has 1 atom stereocenters. The van der Waals surface area contributed by atoms with Crippen molar-refractivity contribution in [1.29, 1.82) is 0 Å². The van der Waals surface area contributed by atoms with Gasteiger partial charge in [-0.15, -0.1) is 0 Å². The van der Waals surface area contributed by atoms with Gasteiger partial charge in [-0.25, -0.2) is 4.39 Å². The van der Waals surface area contributed by atoms with E-state index in [4.69, 9.17) is 4.74 Å². The van der Waals surface area contributed by atoms with Gasteiger partial charge in [-0.3, -0.25) is 4.79 Å². The summed E-state index contributed by atoms with van der Waals surface area (Å²) >= 11 is 0. The number of methoxy groups -OCH3 is 1. The van der Waals surface area contributed by atoms with Crippen LogP contribution in [0.1, 0.15) is 37.0 Å². The van der Waals surface area contributed by atoms with Gasteiger partial charge in [-0.05, 0) is 18.1 Å². The fourth-order valence-corrected chi connectivity index (χ4v) is 1.51. The molecule has 0 bridgehead atoms. The highest BCUT2D eigenvalue weighted by Gasteiger charge is 2.18. The van der Waals surface area contributed by atoms with Crippen LogP contribution in [-0.2, 0) is 0 Å². The van der Waals surface area contributed by atoms with E-state index >= 15 is 0 Å². The highest BCUT2D eigenvalue weighted by Crippen LogP contribution is 2.24. The molecule has 0 aliphatic carbocycles. The summed E-state index contributed by atoms with van der Waals surface area (Å²) in [6.07, 6.45) is 1.26. The molecule has 0 aliphatic rings. The second kappa shape index (κ2) is 5.64. The van der Waals surface area contributed by atoms with Gasteiger partial charge in [-0.1, -0.05) is 26.3 Å². The Morgan fingerprint density at radius 3 is 2.75 bits per heavy atom. The number of carbonyl (C=O) groups excluding carboxylic acids is 1. The second-order valence-electron chi connectivity index (χ2n) is 3.96. The predicted octanol–water partition coefficient (Wildman–Crippen LogP) is 3.45. The smallest absolute Gasteiger partial charge is 0.169 e. The fraction of sp³-hybridized carbons (Fsp3) is 0.462. The Morgan fingerprint density at radius 1 is 1.50 bits per heavy atom. The largest absolute Gasteiger partial charge is 0.496 e. The van der Waals surface area contributed by atoms with Crippen LogP contribution in [-0.4, -0.2) is 12.9 Å². The van der Waals surface area contributed by atoms with E-state index in [2.05, 4.69) is 0 Å². The van der Waals surface area contributed by atoms with Crippen molar-refractivity contribution in [3.8, 4) is 5.75 Å². The summed E-state index contributed by atoms with van der Waals surface area (Å²) in [5.74, 6) is -0.123. The summed E-state index contributed by atoms with van der Waals surface area (Å²) in [5, 5.41) is 0. The van der Waals surface area contributed by atoms with Gasteiger partial charge in [0.1, 0.15) is 11.6 Å². The molecule has 0 amide bonds. The van der Waals surface area contributed by atoms with E-state index in [-0.39, 0.29) is 17.3 Å². The molecule has 0 radical (unpaired) electrons. The maximum atomic E-state index is 13.5. The minimum absolute atomic E-state index is 0.0744. The number of ketones is 1. The molecule has 0 N–H and O–H groups in total. The summed E-state index contributed by atoms with van der Waals surface area (Å²) in [4.78, 5) is 11.9. The molecule has 0 heterocycles. The Hall–Kier alpha value is -1.38. The van der Waals surface area contributed by atoms with Crippen molar-refractivity contribution in [3.05, 3.63) is 29.6 Å². The van der Waals surface area contributed by atoms with Crippen LogP contribution >= 0.6 is 0 Å². The van der Waals surface area contributed by atoms with E-state index in [1.807, 2.05) is 13.8 Å². The quantitative estimate of drug-likeness (QED) is 0.716. The zero-order valence-electron chi connectivity index (χ0n) is 9.92. The Labute approximate surface area is 95.4 Å². The first-order valence-electron chi connectivity index (χ1n) is 5.45. The summed E-state index contributed by atoms with van der Waals surface area (Å²) < 4.78 is 18.5. The molecule has 0 spiro atoms. The Morgan fingerprint density at radius 2 is 2.19 bits per heavy atom. The molecule has 0 fully saturated rings. The second-order valence-corrected chi connectivity index (χ2v) is 3.96. The van der Waals surface area contributed by atoms with Crippen molar-refractivity contribution in [2.45, 2.75) is 26.7 Å². The van der Waals surface area contributed by atoms with E-state index in [9.17, 15) is 9.18 Å². The molecular weight excluding hydrogens is 207 g/mol. The Bertz CT molecular complexity index is 374. The first kappa shape index (κ1) is 12.7. The van der Waals surface area contributed by atoms with Gasteiger partial charge in [0.25, 0.3) is 0 Å². The lowest BCUT2D eigenvalue weighted by molar-refractivity contribution is 0.0956. The first-order valence-corrected chi connectivity index (χ1v) is 5.45. The minimum Gasteiger partial charge on any atom is -0.496 e. The third-order valence-electron chi connectivity index (χ3n) is 2.70. The number of benzene rings is 1. The van der Waals surface area contributed by atoms with Crippen molar-refractivity contribution < 1.29 is 13.9 Å². The van der Waals surface area contributed by atoms with E-state index in [1.165, 1.54) is 19.2 Å². The summed E-state index contributed by atoms with van der Waals surface area (Å²) in [5.41, 5.74) is 0.0744. The molecule has 2 nitrogen and oxygen atoms in total. The molecule has 3 heteroatoms. The van der Waals surface area contributed by atoms with Crippen LogP contribution in [0.3, 0.4) is 0 Å². The number of ether oxygens (including phenoxy) is 1. The van der Waals surface area contributed by atoms with Crippen molar-refractivity contribution in [2.75, 3.05) is 7.11 Å². The summed E-state index contributed by atoms with van der Waals surface area (Å²) in [7, 11) is 1.44. The zero-order chi connectivity index (χ0) is 12.1. The van der Waals surface area contributed by atoms with Crippen molar-refractivity contribution >= 4 is 5.78 Å². The van der Waals surface area contributed by atoms with E-state index in [0.29, 0.717) is 12.2 Å². The molecular formula is C13H17FO2. The SMILES string of the molecule is CCC(C)CC(=O)c1c(F)cccc1OC. The number of hydrogen-bond acceptors (Lipinski definition) is 2. The fourth-order valence-electron chi connectivity index (χ4n) is 1.51. The van der Waals surface area contributed by atoms with Crippen LogP contribution < -0.4 is 4.74 Å². The number of carbonyl (C=O) groups is 1. The molecule has 1 aromatic rings. The van der Waals surface area contributed by atoms with E-state index in [0.717, 1.165) is 6.42 Å². The topological polar surface area (TPSA) is 26.3 Å². The predicted molar refractivity (Wildman–Crippen MR) is 61.4 cm³/mol. The van der Waals surface area contributed by atoms with Gasteiger partial charge >= 0.3 is 0 Å². The van der Waals surface area contributed by atoms with Gasteiger partial charge in [0.2, 0.25) is 0 Å². The molecule has 1 aromatic carbocycles. The molecule has 0 saturated carbocycles. The molecule has 1 unspecified atom stereocenters. The van der Waals surface area contributed by atoms with Gasteiger partial charge in [0.15, 0.2) is 5.78 Å². The monoisotopic (exact) mass is 224 g/mol. The standard InChI is InChI=1S/C13H17FO2/c1-4-9(2)8-11(15)13-10(14)6-5-7-12(13)16-3/h5-7,9H,4,8H2,1-3H3. The Balaban J connectivity index is 2.98. The maximum Gasteiger partial charge on any atom is 0.169 e. The van der Waals surface area contributed by atoms with Crippen LogP contribution in [0, 0.1) is 11.7 Å². The van der Waals surface area contributed by atoms with Crippen molar-refractivity contribution in [3.63, 3.8) is 0 Å². The van der Waals surface area contributed by atoms with Gasteiger partial charge in [0, 0.05) is 6.42 Å². The summed E-state index contributed by atoms with van der Waals surface area (Å²) in [6.45, 7) is 3.99. The van der Waals surface area contributed by atoms with Gasteiger partial charge in [0.05, 0.1) is 12.7 Å². The lowest BCUT2D eigenvalue weighted by Crippen LogP contribution is -2.09. The van der Waals surface area contributed by atoms with Crippen LogP contribution in [0.4, 0.5) is 4.39 Å². The number of rotatable bonds is 5. The third kappa shape index (κ3) is 2.81. The van der Waals surface area contributed by atoms with Crippen LogP contribution in [0.15, 0.2) is 18.2 Å². The molecule has 0 aromatic heterocycles. The number of hydrogen-bond donors (Lipinski definition) is 0. The molecule has 0 saturated heterocycles. The number of Topliss-reactive ketones (excluding diaryl/α,β-unsaturated/α-hetero) is 1. The molecule has 1 rings (SSSR count). The molecule has 16 heavy (non-hydrogen) atoms.